The molecule has 19 heavy (non-hydrogen) atoms. The summed E-state index contributed by atoms with van der Waals surface area (Å²) < 4.78 is 41.7. The molecule has 0 radical (unpaired) electrons. The predicted octanol–water partition coefficient (Wildman–Crippen LogP) is 3.67. The topological polar surface area (TPSA) is 38.3 Å². The maximum atomic E-state index is 12.1. The van der Waals surface area contributed by atoms with Crippen LogP contribution in [0.5, 0.6) is 5.75 Å². The van der Waals surface area contributed by atoms with Crippen LogP contribution < -0.4 is 10.1 Å². The largest absolute Gasteiger partial charge is 0.493 e. The van der Waals surface area contributed by atoms with Crippen LogP contribution in [0.3, 0.4) is 0 Å². The number of anilines is 1. The summed E-state index contributed by atoms with van der Waals surface area (Å²) in [6.45, 7) is 4.31. The predicted molar refractivity (Wildman–Crippen MR) is 66.3 cm³/mol. The number of hydrogen-bond donors (Lipinski definition) is 1. The molecule has 0 saturated heterocycles. The average molecular weight is 275 g/mol. The van der Waals surface area contributed by atoms with E-state index in [9.17, 15) is 18.0 Å². The number of nitrogens with one attached hydrogen (secondary N) is 1. The van der Waals surface area contributed by atoms with Gasteiger partial charge in [-0.1, -0.05) is 13.3 Å². The van der Waals surface area contributed by atoms with Gasteiger partial charge in [-0.05, 0) is 37.1 Å². The molecule has 3 nitrogen and oxygen atoms in total. The zero-order valence-corrected chi connectivity index (χ0v) is 10.8. The van der Waals surface area contributed by atoms with Crippen LogP contribution in [0, 0.1) is 6.92 Å². The number of unbranched alkanes of at least 4 members (excludes halogenated alkanes) is 1. The lowest BCUT2D eigenvalue weighted by Crippen LogP contribution is -2.29. The third-order valence-corrected chi connectivity index (χ3v) is 2.45. The van der Waals surface area contributed by atoms with E-state index in [1.807, 2.05) is 6.92 Å². The van der Waals surface area contributed by atoms with Crippen LogP contribution in [0.15, 0.2) is 18.2 Å². The van der Waals surface area contributed by atoms with Gasteiger partial charge in [0.1, 0.15) is 5.75 Å². The van der Waals surface area contributed by atoms with Gasteiger partial charge in [-0.2, -0.15) is 13.2 Å². The zero-order chi connectivity index (χ0) is 14.5. The molecular formula is C13H16F3NO2. The SMILES string of the molecule is CCCCOc1ccc(NC(=O)C(F)(F)F)cc1C. The molecule has 0 atom stereocenters. The average Bonchev–Trinajstić information content (AvgIpc) is 2.31. The van der Waals surface area contributed by atoms with Crippen LogP contribution in [0.4, 0.5) is 18.9 Å². The van der Waals surface area contributed by atoms with Crippen molar-refractivity contribution in [1.82, 2.24) is 0 Å². The highest BCUT2D eigenvalue weighted by atomic mass is 19.4. The van der Waals surface area contributed by atoms with Crippen molar-refractivity contribution in [3.05, 3.63) is 23.8 Å². The van der Waals surface area contributed by atoms with Crippen LogP contribution >= 0.6 is 0 Å². The Kier molecular flexibility index (Phi) is 5.20. The Balaban J connectivity index is 2.69. The Labute approximate surface area is 109 Å². The Morgan fingerprint density at radius 1 is 1.37 bits per heavy atom. The highest BCUT2D eigenvalue weighted by Gasteiger charge is 2.38. The summed E-state index contributed by atoms with van der Waals surface area (Å²) >= 11 is 0. The molecule has 0 spiro atoms. The second-order valence-corrected chi connectivity index (χ2v) is 4.13. The van der Waals surface area contributed by atoms with Crippen molar-refractivity contribution in [3.8, 4) is 5.75 Å². The van der Waals surface area contributed by atoms with E-state index in [1.165, 1.54) is 12.1 Å². The lowest BCUT2D eigenvalue weighted by atomic mass is 10.2. The van der Waals surface area contributed by atoms with Gasteiger partial charge in [0.25, 0.3) is 0 Å². The van der Waals surface area contributed by atoms with Crippen LogP contribution in [-0.2, 0) is 4.79 Å². The fraction of sp³-hybridized carbons (Fsp3) is 0.462. The Bertz CT molecular complexity index is 444. The van der Waals surface area contributed by atoms with E-state index in [4.69, 9.17) is 4.74 Å². The van der Waals surface area contributed by atoms with Gasteiger partial charge in [-0.3, -0.25) is 4.79 Å². The second-order valence-electron chi connectivity index (χ2n) is 4.13. The number of hydrogen-bond acceptors (Lipinski definition) is 2. The monoisotopic (exact) mass is 275 g/mol. The summed E-state index contributed by atoms with van der Waals surface area (Å²) in [6.07, 6.45) is -2.98. The molecule has 0 aliphatic carbocycles. The molecule has 0 saturated carbocycles. The number of amides is 1. The Morgan fingerprint density at radius 3 is 2.58 bits per heavy atom. The van der Waals surface area contributed by atoms with Crippen molar-refractivity contribution < 1.29 is 22.7 Å². The minimum absolute atomic E-state index is 0.0997. The van der Waals surface area contributed by atoms with Gasteiger partial charge < -0.3 is 10.1 Å². The van der Waals surface area contributed by atoms with Crippen molar-refractivity contribution in [2.24, 2.45) is 0 Å². The minimum atomic E-state index is -4.88. The molecule has 106 valence electrons. The summed E-state index contributed by atoms with van der Waals surface area (Å²) in [6, 6.07) is 4.39. The number of carbonyl (C=O) groups excluding carboxylic acids is 1. The third kappa shape index (κ3) is 4.81. The number of alkyl halides is 3. The van der Waals surface area contributed by atoms with E-state index in [0.29, 0.717) is 17.9 Å². The highest BCUT2D eigenvalue weighted by Crippen LogP contribution is 2.24. The van der Waals surface area contributed by atoms with Crippen molar-refractivity contribution in [2.75, 3.05) is 11.9 Å². The first kappa shape index (κ1) is 15.3. The first-order valence-corrected chi connectivity index (χ1v) is 5.96. The molecule has 0 aliphatic heterocycles. The van der Waals surface area contributed by atoms with Crippen molar-refractivity contribution in [1.29, 1.82) is 0 Å². The van der Waals surface area contributed by atoms with E-state index in [2.05, 4.69) is 0 Å². The molecule has 1 N–H and O–H groups in total. The van der Waals surface area contributed by atoms with Crippen LogP contribution in [0.25, 0.3) is 0 Å². The molecule has 0 unspecified atom stereocenters. The summed E-state index contributed by atoms with van der Waals surface area (Å²) in [5.74, 6) is -1.37. The van der Waals surface area contributed by atoms with E-state index in [0.717, 1.165) is 12.8 Å². The summed E-state index contributed by atoms with van der Waals surface area (Å²) in [5, 5.41) is 1.80. The van der Waals surface area contributed by atoms with E-state index >= 15 is 0 Å². The molecule has 0 aliphatic rings. The quantitative estimate of drug-likeness (QED) is 0.832. The smallest absolute Gasteiger partial charge is 0.471 e. The van der Waals surface area contributed by atoms with Gasteiger partial charge in [0, 0.05) is 5.69 Å². The summed E-state index contributed by atoms with van der Waals surface area (Å²) in [5.41, 5.74) is 0.777. The molecule has 1 amide bonds. The molecule has 0 fully saturated rings. The molecule has 6 heteroatoms. The minimum Gasteiger partial charge on any atom is -0.493 e. The maximum Gasteiger partial charge on any atom is 0.471 e. The number of carbonyl (C=O) groups is 1. The van der Waals surface area contributed by atoms with Gasteiger partial charge >= 0.3 is 12.1 Å². The van der Waals surface area contributed by atoms with Gasteiger partial charge in [0.05, 0.1) is 6.61 Å². The number of rotatable bonds is 5. The zero-order valence-electron chi connectivity index (χ0n) is 10.8. The first-order valence-electron chi connectivity index (χ1n) is 5.96. The normalized spacial score (nSPS) is 11.2. The standard InChI is InChI=1S/C13H16F3NO2/c1-3-4-7-19-11-6-5-10(8-9(11)2)17-12(18)13(14,15)16/h5-6,8H,3-4,7H2,1-2H3,(H,17,18). The first-order chi connectivity index (χ1) is 8.84. The van der Waals surface area contributed by atoms with Crippen LogP contribution in [-0.4, -0.2) is 18.7 Å². The molecule has 1 aromatic rings. The van der Waals surface area contributed by atoms with Crippen molar-refractivity contribution in [3.63, 3.8) is 0 Å². The maximum absolute atomic E-state index is 12.1. The van der Waals surface area contributed by atoms with E-state index in [-0.39, 0.29) is 5.69 Å². The molecule has 1 rings (SSSR count). The van der Waals surface area contributed by atoms with Crippen LogP contribution in [0.1, 0.15) is 25.3 Å². The van der Waals surface area contributed by atoms with Gasteiger partial charge in [0.15, 0.2) is 0 Å². The number of halogens is 3. The fourth-order valence-corrected chi connectivity index (χ4v) is 1.42. The van der Waals surface area contributed by atoms with E-state index < -0.39 is 12.1 Å². The lowest BCUT2D eigenvalue weighted by molar-refractivity contribution is -0.167. The van der Waals surface area contributed by atoms with Gasteiger partial charge in [-0.15, -0.1) is 0 Å². The molecule has 1 aromatic carbocycles. The summed E-state index contributed by atoms with van der Waals surface area (Å²) in [4.78, 5) is 10.8. The molecule has 0 heterocycles. The van der Waals surface area contributed by atoms with Crippen molar-refractivity contribution >= 4 is 11.6 Å². The second kappa shape index (κ2) is 6.45. The van der Waals surface area contributed by atoms with E-state index in [1.54, 1.807) is 18.3 Å². The Hall–Kier alpha value is -1.72. The molecule has 0 aromatic heterocycles. The van der Waals surface area contributed by atoms with Gasteiger partial charge in [-0.25, -0.2) is 0 Å². The number of ether oxygens (including phenoxy) is 1. The third-order valence-electron chi connectivity index (χ3n) is 2.45. The lowest BCUT2D eigenvalue weighted by Gasteiger charge is -2.12. The van der Waals surface area contributed by atoms with Crippen molar-refractivity contribution in [2.45, 2.75) is 32.9 Å². The summed E-state index contributed by atoms with van der Waals surface area (Å²) in [7, 11) is 0. The number of benzene rings is 1. The fourth-order valence-electron chi connectivity index (χ4n) is 1.42. The molecule has 0 bridgehead atoms. The molecular weight excluding hydrogens is 259 g/mol. The van der Waals surface area contributed by atoms with Crippen LogP contribution in [0.2, 0.25) is 0 Å². The number of aryl methyl sites for hydroxylation is 1. The van der Waals surface area contributed by atoms with Gasteiger partial charge in [0.2, 0.25) is 0 Å². The highest BCUT2D eigenvalue weighted by molar-refractivity contribution is 5.95. The Morgan fingerprint density at radius 2 is 2.05 bits per heavy atom.